The first kappa shape index (κ1) is 9.19. The minimum absolute atomic E-state index is 0.0779. The first-order valence-electron chi connectivity index (χ1n) is 4.63. The monoisotopic (exact) mass is 192 g/mol. The number of fused-ring (bicyclic) bond motifs is 1. The smallest absolute Gasteiger partial charge is 0.148 e. The second-order valence-electron chi connectivity index (χ2n) is 4.47. The van der Waals surface area contributed by atoms with Crippen LogP contribution in [-0.2, 0) is 5.41 Å². The van der Waals surface area contributed by atoms with Gasteiger partial charge in [0.1, 0.15) is 17.2 Å². The summed E-state index contributed by atoms with van der Waals surface area (Å²) in [6.45, 7) is 6.13. The second-order valence-corrected chi connectivity index (χ2v) is 4.47. The van der Waals surface area contributed by atoms with Gasteiger partial charge in [0.2, 0.25) is 0 Å². The van der Waals surface area contributed by atoms with Crippen LogP contribution in [0.4, 0.5) is 4.39 Å². The summed E-state index contributed by atoms with van der Waals surface area (Å²) in [5.74, 6) is 0.572. The predicted molar refractivity (Wildman–Crippen MR) is 54.8 cm³/mol. The first-order valence-corrected chi connectivity index (χ1v) is 4.63. The lowest BCUT2D eigenvalue weighted by Crippen LogP contribution is -2.12. The van der Waals surface area contributed by atoms with E-state index in [4.69, 9.17) is 0 Å². The third kappa shape index (κ3) is 1.39. The molecule has 0 aliphatic rings. The molecule has 74 valence electrons. The maximum atomic E-state index is 13.3. The summed E-state index contributed by atoms with van der Waals surface area (Å²) in [5.41, 5.74) is 1.11. The van der Waals surface area contributed by atoms with Gasteiger partial charge in [-0.15, -0.1) is 0 Å². The summed E-state index contributed by atoms with van der Waals surface area (Å²) in [5, 5.41) is 0. The molecule has 0 saturated heterocycles. The molecule has 0 amide bonds. The Kier molecular flexibility index (Phi) is 1.84. The maximum Gasteiger partial charge on any atom is 0.148 e. The molecule has 2 rings (SSSR count). The van der Waals surface area contributed by atoms with Crippen molar-refractivity contribution >= 4 is 11.0 Å². The normalized spacial score (nSPS) is 12.3. The van der Waals surface area contributed by atoms with Gasteiger partial charge in [0.15, 0.2) is 0 Å². The van der Waals surface area contributed by atoms with E-state index in [0.717, 1.165) is 5.82 Å². The number of aromatic nitrogens is 2. The quantitative estimate of drug-likeness (QED) is 0.683. The highest BCUT2D eigenvalue weighted by atomic mass is 19.1. The van der Waals surface area contributed by atoms with Crippen molar-refractivity contribution in [2.45, 2.75) is 26.2 Å². The number of rotatable bonds is 0. The van der Waals surface area contributed by atoms with Crippen LogP contribution in [0.3, 0.4) is 0 Å². The fourth-order valence-corrected chi connectivity index (χ4v) is 1.35. The highest BCUT2D eigenvalue weighted by Crippen LogP contribution is 2.23. The number of nitrogens with zero attached hydrogens (tertiary/aromatic N) is 1. The third-order valence-corrected chi connectivity index (χ3v) is 2.18. The Bertz CT molecular complexity index is 466. The predicted octanol–water partition coefficient (Wildman–Crippen LogP) is 3.00. The van der Waals surface area contributed by atoms with E-state index in [1.165, 1.54) is 6.07 Å². The molecule has 2 aromatic rings. The summed E-state index contributed by atoms with van der Waals surface area (Å²) in [6.07, 6.45) is 0. The Labute approximate surface area is 82.2 Å². The lowest BCUT2D eigenvalue weighted by Gasteiger charge is -2.13. The zero-order valence-electron chi connectivity index (χ0n) is 8.56. The Morgan fingerprint density at radius 2 is 2.00 bits per heavy atom. The maximum absolute atomic E-state index is 13.3. The van der Waals surface area contributed by atoms with Crippen LogP contribution in [0.25, 0.3) is 11.0 Å². The highest BCUT2D eigenvalue weighted by molar-refractivity contribution is 5.75. The molecule has 0 atom stereocenters. The number of aromatic amines is 1. The molecule has 1 aromatic heterocycles. The number of hydrogen-bond acceptors (Lipinski definition) is 1. The third-order valence-electron chi connectivity index (χ3n) is 2.18. The van der Waals surface area contributed by atoms with E-state index in [0.29, 0.717) is 11.0 Å². The zero-order chi connectivity index (χ0) is 10.3. The number of imidazole rings is 1. The van der Waals surface area contributed by atoms with Gasteiger partial charge in [-0.05, 0) is 12.1 Å². The minimum atomic E-state index is -0.245. The largest absolute Gasteiger partial charge is 0.339 e. The average Bonchev–Trinajstić information content (AvgIpc) is 2.48. The standard InChI is InChI=1S/C11H13FN2/c1-11(2,3)10-13-8-6-4-5-7(12)9(8)14-10/h4-6H,1-3H3,(H,13,14). The SMILES string of the molecule is CC(C)(C)c1nc2cccc(F)c2[nH]1. The van der Waals surface area contributed by atoms with Crippen LogP contribution >= 0.6 is 0 Å². The van der Waals surface area contributed by atoms with Gasteiger partial charge in [-0.3, -0.25) is 0 Å². The van der Waals surface area contributed by atoms with E-state index in [1.54, 1.807) is 6.07 Å². The fraction of sp³-hybridized carbons (Fsp3) is 0.364. The van der Waals surface area contributed by atoms with Gasteiger partial charge < -0.3 is 4.98 Å². The number of H-pyrrole nitrogens is 1. The number of nitrogens with one attached hydrogen (secondary N) is 1. The Morgan fingerprint density at radius 3 is 2.57 bits per heavy atom. The Balaban J connectivity index is 2.69. The molecule has 0 radical (unpaired) electrons. The van der Waals surface area contributed by atoms with Crippen LogP contribution in [0, 0.1) is 5.82 Å². The van der Waals surface area contributed by atoms with Crippen molar-refractivity contribution in [1.29, 1.82) is 0 Å². The Morgan fingerprint density at radius 1 is 1.29 bits per heavy atom. The summed E-state index contributed by atoms with van der Waals surface area (Å²) in [4.78, 5) is 7.37. The molecular formula is C11H13FN2. The molecule has 0 aliphatic carbocycles. The topological polar surface area (TPSA) is 28.7 Å². The van der Waals surface area contributed by atoms with Crippen molar-refractivity contribution in [3.05, 3.63) is 29.8 Å². The van der Waals surface area contributed by atoms with E-state index < -0.39 is 0 Å². The second kappa shape index (κ2) is 2.80. The van der Waals surface area contributed by atoms with Gasteiger partial charge in [0, 0.05) is 5.41 Å². The molecule has 1 heterocycles. The van der Waals surface area contributed by atoms with Gasteiger partial charge >= 0.3 is 0 Å². The molecule has 14 heavy (non-hydrogen) atoms. The number of para-hydroxylation sites is 1. The van der Waals surface area contributed by atoms with Crippen LogP contribution in [0.1, 0.15) is 26.6 Å². The molecular weight excluding hydrogens is 179 g/mol. The van der Waals surface area contributed by atoms with E-state index in [9.17, 15) is 4.39 Å². The van der Waals surface area contributed by atoms with Crippen molar-refractivity contribution < 1.29 is 4.39 Å². The van der Waals surface area contributed by atoms with E-state index in [1.807, 2.05) is 26.8 Å². The minimum Gasteiger partial charge on any atom is -0.339 e. The van der Waals surface area contributed by atoms with Crippen molar-refractivity contribution in [3.8, 4) is 0 Å². The molecule has 1 N–H and O–H groups in total. The lowest BCUT2D eigenvalue weighted by molar-refractivity contribution is 0.553. The van der Waals surface area contributed by atoms with Crippen LogP contribution in [0.5, 0.6) is 0 Å². The molecule has 1 aromatic carbocycles. The van der Waals surface area contributed by atoms with E-state index >= 15 is 0 Å². The molecule has 0 fully saturated rings. The molecule has 0 spiro atoms. The summed E-state index contributed by atoms with van der Waals surface area (Å²) in [7, 11) is 0. The Hall–Kier alpha value is -1.38. The van der Waals surface area contributed by atoms with Gasteiger partial charge in [-0.25, -0.2) is 9.37 Å². The van der Waals surface area contributed by atoms with Gasteiger partial charge in [0.25, 0.3) is 0 Å². The fourth-order valence-electron chi connectivity index (χ4n) is 1.35. The molecule has 0 bridgehead atoms. The van der Waals surface area contributed by atoms with Crippen molar-refractivity contribution in [3.63, 3.8) is 0 Å². The number of hydrogen-bond donors (Lipinski definition) is 1. The van der Waals surface area contributed by atoms with E-state index in [2.05, 4.69) is 9.97 Å². The van der Waals surface area contributed by atoms with Crippen LogP contribution in [-0.4, -0.2) is 9.97 Å². The van der Waals surface area contributed by atoms with Crippen molar-refractivity contribution in [2.24, 2.45) is 0 Å². The van der Waals surface area contributed by atoms with Crippen LogP contribution < -0.4 is 0 Å². The molecule has 3 heteroatoms. The molecule has 0 saturated carbocycles. The molecule has 0 aliphatic heterocycles. The summed E-state index contributed by atoms with van der Waals surface area (Å²) in [6, 6.07) is 4.92. The van der Waals surface area contributed by atoms with Gasteiger partial charge in [0.05, 0.1) is 5.52 Å². The van der Waals surface area contributed by atoms with Crippen LogP contribution in [0.15, 0.2) is 18.2 Å². The summed E-state index contributed by atoms with van der Waals surface area (Å²) >= 11 is 0. The van der Waals surface area contributed by atoms with Gasteiger partial charge in [-0.1, -0.05) is 26.8 Å². The molecule has 2 nitrogen and oxygen atoms in total. The lowest BCUT2D eigenvalue weighted by atomic mass is 9.96. The van der Waals surface area contributed by atoms with Crippen LogP contribution in [0.2, 0.25) is 0 Å². The number of benzene rings is 1. The summed E-state index contributed by atoms with van der Waals surface area (Å²) < 4.78 is 13.3. The average molecular weight is 192 g/mol. The van der Waals surface area contributed by atoms with E-state index in [-0.39, 0.29) is 11.2 Å². The van der Waals surface area contributed by atoms with Gasteiger partial charge in [-0.2, -0.15) is 0 Å². The molecule has 0 unspecified atom stereocenters. The van der Waals surface area contributed by atoms with Crippen molar-refractivity contribution in [1.82, 2.24) is 9.97 Å². The first-order chi connectivity index (χ1) is 6.48. The van der Waals surface area contributed by atoms with Crippen molar-refractivity contribution in [2.75, 3.05) is 0 Å². The highest BCUT2D eigenvalue weighted by Gasteiger charge is 2.18. The zero-order valence-corrected chi connectivity index (χ0v) is 8.56. The number of halogens is 1.